The normalized spacial score (nSPS) is 11.5. The van der Waals surface area contributed by atoms with Gasteiger partial charge in [0, 0.05) is 48.4 Å². The highest BCUT2D eigenvalue weighted by Gasteiger charge is 2.24. The molecule has 3 N–H and O–H groups in total. The van der Waals surface area contributed by atoms with E-state index in [0.29, 0.717) is 44.6 Å². The first-order chi connectivity index (χ1) is 23.1. The van der Waals surface area contributed by atoms with Gasteiger partial charge in [-0.2, -0.15) is 0 Å². The Morgan fingerprint density at radius 2 is 1.55 bits per heavy atom. The maximum atomic E-state index is 14.1. The Kier molecular flexibility index (Phi) is 13.1. The lowest BCUT2D eigenvalue weighted by atomic mass is 9.94. The molecule has 0 spiro atoms. The van der Waals surface area contributed by atoms with Gasteiger partial charge in [0.1, 0.15) is 18.2 Å². The Morgan fingerprint density at radius 3 is 2.16 bits per heavy atom. The number of hydrogen-bond donors (Lipinski definition) is 2. The molecule has 2 heterocycles. The quantitative estimate of drug-likeness (QED) is 0.152. The standard InChI is InChI=1S/C33H28F2N4O3.C5H12.C2H6.2H2/c1-19-31(20(2)40)27-9-3-4-11-29(27)39(19)18-30(41)38-28(15-21-13-24(34)17-25(35)14-21)32-26(10-6-12-37-32)22-7-5-8-23(16-22)33(36)42;1-5(2,3)4;1-2;;/h3-14,16-17,28H,15,18H2,1-2H3,(H2,36,42)(H,38,41);1-4H3;1-2H3;2*1H/t28-;;;;/m0..../s1. The molecule has 0 unspecified atom stereocenters. The zero-order valence-corrected chi connectivity index (χ0v) is 29.5. The van der Waals surface area contributed by atoms with Crippen molar-refractivity contribution < 1.29 is 26.0 Å². The highest BCUT2D eigenvalue weighted by Crippen LogP contribution is 2.31. The molecule has 2 amide bonds. The van der Waals surface area contributed by atoms with E-state index in [0.717, 1.165) is 17.0 Å². The third-order valence-electron chi connectivity index (χ3n) is 7.21. The molecule has 0 bridgehead atoms. The SMILES string of the molecule is CC.CC(=O)c1c(C)n(CC(=O)N[C@@H](Cc2cc(F)cc(F)c2)c2ncccc2-c2cccc(C(N)=O)c2)c2ccccc12.CC(C)(C)C.[HH].[HH]. The van der Waals surface area contributed by atoms with Gasteiger partial charge < -0.3 is 15.6 Å². The summed E-state index contributed by atoms with van der Waals surface area (Å²) in [5, 5.41) is 3.76. The minimum atomic E-state index is -0.804. The molecule has 0 aliphatic rings. The van der Waals surface area contributed by atoms with Gasteiger partial charge in [-0.15, -0.1) is 0 Å². The lowest BCUT2D eigenvalue weighted by Gasteiger charge is -2.22. The van der Waals surface area contributed by atoms with E-state index in [1.807, 2.05) is 38.1 Å². The van der Waals surface area contributed by atoms with Crippen LogP contribution in [0.1, 0.15) is 95.0 Å². The fraction of sp³-hybridized carbons (Fsp3) is 0.300. The monoisotopic (exact) mass is 672 g/mol. The Hall–Kier alpha value is -5.18. The maximum Gasteiger partial charge on any atom is 0.248 e. The summed E-state index contributed by atoms with van der Waals surface area (Å²) < 4.78 is 30.0. The van der Waals surface area contributed by atoms with E-state index < -0.39 is 29.5 Å². The number of benzene rings is 3. The number of nitrogens with one attached hydrogen (secondary N) is 1. The van der Waals surface area contributed by atoms with E-state index in [-0.39, 0.29) is 21.6 Å². The highest BCUT2D eigenvalue weighted by molar-refractivity contribution is 6.08. The molecule has 0 saturated carbocycles. The summed E-state index contributed by atoms with van der Waals surface area (Å²) in [6, 6.07) is 20.0. The second kappa shape index (κ2) is 16.8. The van der Waals surface area contributed by atoms with Crippen LogP contribution in [-0.2, 0) is 17.8 Å². The number of rotatable bonds is 9. The summed E-state index contributed by atoms with van der Waals surface area (Å²) >= 11 is 0. The Balaban J connectivity index is 0.00000133. The minimum Gasteiger partial charge on any atom is -0.366 e. The van der Waals surface area contributed by atoms with Crippen molar-refractivity contribution in [3.63, 3.8) is 0 Å². The summed E-state index contributed by atoms with van der Waals surface area (Å²) in [5.74, 6) is -2.57. The van der Waals surface area contributed by atoms with Crippen LogP contribution in [0.4, 0.5) is 8.78 Å². The number of primary amides is 1. The van der Waals surface area contributed by atoms with E-state index in [9.17, 15) is 23.2 Å². The molecule has 0 radical (unpaired) electrons. The molecule has 0 fully saturated rings. The molecule has 0 saturated heterocycles. The van der Waals surface area contributed by atoms with E-state index in [2.05, 4.69) is 38.0 Å². The van der Waals surface area contributed by atoms with Gasteiger partial charge in [-0.05, 0) is 73.2 Å². The lowest BCUT2D eigenvalue weighted by Crippen LogP contribution is -2.34. The molecule has 5 aromatic rings. The molecule has 0 aliphatic carbocycles. The van der Waals surface area contributed by atoms with E-state index >= 15 is 0 Å². The molecular formula is C40H50F2N4O3. The smallest absolute Gasteiger partial charge is 0.248 e. The lowest BCUT2D eigenvalue weighted by molar-refractivity contribution is -0.122. The number of aromatic nitrogens is 2. The number of ketones is 1. The van der Waals surface area contributed by atoms with Crippen LogP contribution < -0.4 is 11.1 Å². The van der Waals surface area contributed by atoms with Gasteiger partial charge >= 0.3 is 0 Å². The van der Waals surface area contributed by atoms with Gasteiger partial charge in [-0.1, -0.05) is 77.9 Å². The Morgan fingerprint density at radius 1 is 0.918 bits per heavy atom. The second-order valence-corrected chi connectivity index (χ2v) is 13.1. The molecular weight excluding hydrogens is 622 g/mol. The molecule has 262 valence electrons. The minimum absolute atomic E-state index is 0. The van der Waals surface area contributed by atoms with Crippen molar-refractivity contribution in [1.82, 2.24) is 14.9 Å². The number of Topliss-reactive ketones (excluding diaryl/α,β-unsaturated/α-hetero) is 1. The van der Waals surface area contributed by atoms with Crippen LogP contribution in [0, 0.1) is 24.0 Å². The molecule has 2 aromatic heterocycles. The predicted molar refractivity (Wildman–Crippen MR) is 197 cm³/mol. The molecule has 7 nitrogen and oxygen atoms in total. The first kappa shape index (κ1) is 38.3. The van der Waals surface area contributed by atoms with Crippen LogP contribution in [0.25, 0.3) is 22.0 Å². The summed E-state index contributed by atoms with van der Waals surface area (Å²) in [6.45, 7) is 15.9. The number of hydrogen-bond acceptors (Lipinski definition) is 4. The van der Waals surface area contributed by atoms with Gasteiger partial charge in [0.05, 0.1) is 11.7 Å². The molecule has 5 rings (SSSR count). The van der Waals surface area contributed by atoms with Crippen molar-refractivity contribution in [3.05, 3.63) is 125 Å². The van der Waals surface area contributed by atoms with Crippen molar-refractivity contribution in [2.75, 3.05) is 0 Å². The van der Waals surface area contributed by atoms with Crippen molar-refractivity contribution in [2.45, 2.75) is 74.4 Å². The van der Waals surface area contributed by atoms with Gasteiger partial charge in [-0.3, -0.25) is 19.4 Å². The Bertz CT molecular complexity index is 1930. The zero-order chi connectivity index (χ0) is 36.5. The number of nitrogens with zero attached hydrogens (tertiary/aromatic N) is 2. The number of fused-ring (bicyclic) bond motifs is 1. The van der Waals surface area contributed by atoms with Crippen LogP contribution in [0.15, 0.2) is 85.1 Å². The fourth-order valence-corrected chi connectivity index (χ4v) is 5.42. The number of amides is 2. The molecule has 3 aromatic carbocycles. The van der Waals surface area contributed by atoms with Gasteiger partial charge in [0.15, 0.2) is 5.78 Å². The first-order valence-corrected chi connectivity index (χ1v) is 16.3. The van der Waals surface area contributed by atoms with Gasteiger partial charge in [0.25, 0.3) is 0 Å². The van der Waals surface area contributed by atoms with Gasteiger partial charge in [-0.25, -0.2) is 8.78 Å². The number of halogens is 2. The fourth-order valence-electron chi connectivity index (χ4n) is 5.42. The van der Waals surface area contributed by atoms with Crippen LogP contribution in [0.3, 0.4) is 0 Å². The highest BCUT2D eigenvalue weighted by atomic mass is 19.1. The molecule has 1 atom stereocenters. The van der Waals surface area contributed by atoms with Gasteiger partial charge in [0.2, 0.25) is 11.8 Å². The van der Waals surface area contributed by atoms with Crippen LogP contribution in [0.5, 0.6) is 0 Å². The van der Waals surface area contributed by atoms with Crippen molar-refractivity contribution in [1.29, 1.82) is 0 Å². The van der Waals surface area contributed by atoms with Crippen molar-refractivity contribution >= 4 is 28.5 Å². The van der Waals surface area contributed by atoms with Crippen LogP contribution in [0.2, 0.25) is 0 Å². The first-order valence-electron chi connectivity index (χ1n) is 16.3. The maximum absolute atomic E-state index is 14.1. The zero-order valence-electron chi connectivity index (χ0n) is 29.5. The summed E-state index contributed by atoms with van der Waals surface area (Å²) in [5.41, 5.74) is 10.2. The summed E-state index contributed by atoms with van der Waals surface area (Å²) in [6.07, 6.45) is 1.59. The topological polar surface area (TPSA) is 107 Å². The van der Waals surface area contributed by atoms with Crippen molar-refractivity contribution in [2.24, 2.45) is 11.1 Å². The van der Waals surface area contributed by atoms with E-state index in [1.54, 1.807) is 54.1 Å². The largest absolute Gasteiger partial charge is 0.366 e. The second-order valence-electron chi connectivity index (χ2n) is 13.1. The third-order valence-corrected chi connectivity index (χ3v) is 7.21. The summed E-state index contributed by atoms with van der Waals surface area (Å²) in [7, 11) is 0. The van der Waals surface area contributed by atoms with Crippen molar-refractivity contribution in [3.8, 4) is 11.1 Å². The molecule has 9 heteroatoms. The van der Waals surface area contributed by atoms with E-state index in [1.165, 1.54) is 19.1 Å². The third kappa shape index (κ3) is 10.4. The average molecular weight is 673 g/mol. The van der Waals surface area contributed by atoms with Crippen LogP contribution in [-0.4, -0.2) is 27.1 Å². The number of carbonyl (C=O) groups excluding carboxylic acids is 3. The number of para-hydroxylation sites is 1. The van der Waals surface area contributed by atoms with Crippen LogP contribution >= 0.6 is 0 Å². The Labute approximate surface area is 290 Å². The number of pyridine rings is 1. The number of nitrogens with two attached hydrogens (primary N) is 1. The number of carbonyl (C=O) groups is 3. The molecule has 49 heavy (non-hydrogen) atoms. The predicted octanol–water partition coefficient (Wildman–Crippen LogP) is 9.26. The molecule has 0 aliphatic heterocycles. The summed E-state index contributed by atoms with van der Waals surface area (Å²) in [4.78, 5) is 42.5. The van der Waals surface area contributed by atoms with E-state index in [4.69, 9.17) is 5.73 Å². The average Bonchev–Trinajstić information content (AvgIpc) is 3.31.